The van der Waals surface area contributed by atoms with Crippen LogP contribution in [0.3, 0.4) is 0 Å². The number of hydrogen-bond acceptors (Lipinski definition) is 2. The van der Waals surface area contributed by atoms with E-state index in [0.29, 0.717) is 12.5 Å². The molecule has 1 aliphatic heterocycles. The summed E-state index contributed by atoms with van der Waals surface area (Å²) in [6.45, 7) is 6.83. The van der Waals surface area contributed by atoms with Gasteiger partial charge in [-0.25, -0.2) is 0 Å². The second kappa shape index (κ2) is 9.05. The highest BCUT2D eigenvalue weighted by molar-refractivity contribution is 6.03. The number of carbonyl (C=O) groups excluding carboxylic acids is 2. The molecule has 4 heteroatoms. The van der Waals surface area contributed by atoms with E-state index in [9.17, 15) is 9.59 Å². The molecule has 2 aromatic carbocycles. The molecule has 2 aromatic rings. The molecule has 148 valence electrons. The van der Waals surface area contributed by atoms with Gasteiger partial charge in [-0.1, -0.05) is 57.5 Å². The molecule has 3 rings (SSSR count). The van der Waals surface area contributed by atoms with E-state index in [1.54, 1.807) is 4.90 Å². The number of benzene rings is 2. The molecule has 1 aliphatic rings. The molecular weight excluding hydrogens is 348 g/mol. The molecule has 1 N–H and O–H groups in total. The van der Waals surface area contributed by atoms with Crippen LogP contribution in [0.2, 0.25) is 0 Å². The summed E-state index contributed by atoms with van der Waals surface area (Å²) in [5.41, 5.74) is 4.12. The van der Waals surface area contributed by atoms with Gasteiger partial charge in [0.15, 0.2) is 0 Å². The van der Waals surface area contributed by atoms with Gasteiger partial charge in [0, 0.05) is 24.3 Å². The first-order valence-corrected chi connectivity index (χ1v) is 10.3. The summed E-state index contributed by atoms with van der Waals surface area (Å²) in [4.78, 5) is 27.1. The van der Waals surface area contributed by atoms with Crippen LogP contribution in [0, 0.1) is 5.92 Å². The van der Waals surface area contributed by atoms with Crippen molar-refractivity contribution in [3.63, 3.8) is 0 Å². The van der Waals surface area contributed by atoms with Gasteiger partial charge >= 0.3 is 0 Å². The predicted octanol–water partition coefficient (Wildman–Crippen LogP) is 5.14. The molecule has 0 aliphatic carbocycles. The first-order chi connectivity index (χ1) is 13.5. The molecule has 0 radical (unpaired) electrons. The van der Waals surface area contributed by atoms with Gasteiger partial charge in [0.05, 0.1) is 5.92 Å². The Labute approximate surface area is 167 Å². The number of nitrogens with one attached hydrogen (secondary N) is 1. The van der Waals surface area contributed by atoms with Crippen LogP contribution in [0.15, 0.2) is 48.5 Å². The lowest BCUT2D eigenvalue weighted by Gasteiger charge is -2.18. The topological polar surface area (TPSA) is 49.4 Å². The van der Waals surface area contributed by atoms with Crippen LogP contribution in [0.5, 0.6) is 0 Å². The zero-order valence-electron chi connectivity index (χ0n) is 17.1. The summed E-state index contributed by atoms with van der Waals surface area (Å²) in [7, 11) is 0. The Morgan fingerprint density at radius 1 is 1.14 bits per heavy atom. The maximum atomic E-state index is 12.8. The molecule has 0 aromatic heterocycles. The first kappa shape index (κ1) is 20.1. The highest BCUT2D eigenvalue weighted by atomic mass is 16.2. The standard InChI is InChI=1S/C24H30N2O2/c1-4-5-8-18-11-13-20(14-12-18)26-16-19(15-23(26)27)24(28)25-22-10-7-6-9-21(22)17(2)3/h6-7,9-14,17,19H,4-5,8,15-16H2,1-3H3,(H,25,28). The van der Waals surface area contributed by atoms with E-state index < -0.39 is 0 Å². The predicted molar refractivity (Wildman–Crippen MR) is 115 cm³/mol. The summed E-state index contributed by atoms with van der Waals surface area (Å²) in [6, 6.07) is 16.0. The SMILES string of the molecule is CCCCc1ccc(N2CC(C(=O)Nc3ccccc3C(C)C)CC2=O)cc1. The van der Waals surface area contributed by atoms with Crippen LogP contribution in [0.4, 0.5) is 11.4 Å². The first-order valence-electron chi connectivity index (χ1n) is 10.3. The molecule has 1 heterocycles. The number of carbonyl (C=O) groups is 2. The third-order valence-corrected chi connectivity index (χ3v) is 5.40. The summed E-state index contributed by atoms with van der Waals surface area (Å²) in [6.07, 6.45) is 3.66. The van der Waals surface area contributed by atoms with Crippen molar-refractivity contribution in [2.45, 2.75) is 52.4 Å². The number of hydrogen-bond donors (Lipinski definition) is 1. The molecule has 4 nitrogen and oxygen atoms in total. The van der Waals surface area contributed by atoms with Crippen molar-refractivity contribution in [1.29, 1.82) is 0 Å². The number of rotatable bonds is 7. The monoisotopic (exact) mass is 378 g/mol. The fourth-order valence-electron chi connectivity index (χ4n) is 3.71. The molecule has 2 amide bonds. The van der Waals surface area contributed by atoms with Gasteiger partial charge in [-0.2, -0.15) is 0 Å². The fourth-order valence-corrected chi connectivity index (χ4v) is 3.71. The van der Waals surface area contributed by atoms with Crippen molar-refractivity contribution in [2.24, 2.45) is 5.92 Å². The van der Waals surface area contributed by atoms with E-state index in [1.807, 2.05) is 36.4 Å². The van der Waals surface area contributed by atoms with Crippen LogP contribution in [-0.4, -0.2) is 18.4 Å². The Hall–Kier alpha value is -2.62. The van der Waals surface area contributed by atoms with Gasteiger partial charge in [0.1, 0.15) is 0 Å². The minimum Gasteiger partial charge on any atom is -0.326 e. The number of para-hydroxylation sites is 1. The maximum absolute atomic E-state index is 12.8. The molecule has 1 fully saturated rings. The zero-order valence-corrected chi connectivity index (χ0v) is 17.1. The average Bonchev–Trinajstić information content (AvgIpc) is 3.09. The molecule has 1 unspecified atom stereocenters. The zero-order chi connectivity index (χ0) is 20.1. The van der Waals surface area contributed by atoms with Gasteiger partial charge in [0.25, 0.3) is 0 Å². The van der Waals surface area contributed by atoms with Crippen molar-refractivity contribution in [3.05, 3.63) is 59.7 Å². The van der Waals surface area contributed by atoms with E-state index in [0.717, 1.165) is 23.4 Å². The third kappa shape index (κ3) is 4.61. The van der Waals surface area contributed by atoms with E-state index in [2.05, 4.69) is 38.2 Å². The normalized spacial score (nSPS) is 16.6. The number of anilines is 2. The lowest BCUT2D eigenvalue weighted by molar-refractivity contribution is -0.122. The Morgan fingerprint density at radius 3 is 2.54 bits per heavy atom. The number of nitrogens with zero attached hydrogens (tertiary/aromatic N) is 1. The highest BCUT2D eigenvalue weighted by Crippen LogP contribution is 2.28. The van der Waals surface area contributed by atoms with Gasteiger partial charge in [-0.05, 0) is 48.1 Å². The van der Waals surface area contributed by atoms with Crippen molar-refractivity contribution in [3.8, 4) is 0 Å². The van der Waals surface area contributed by atoms with Crippen molar-refractivity contribution in [2.75, 3.05) is 16.8 Å². The van der Waals surface area contributed by atoms with Gasteiger partial charge in [0.2, 0.25) is 11.8 Å². The summed E-state index contributed by atoms with van der Waals surface area (Å²) in [5.74, 6) is -0.0703. The summed E-state index contributed by atoms with van der Waals surface area (Å²) < 4.78 is 0. The summed E-state index contributed by atoms with van der Waals surface area (Å²) in [5, 5.41) is 3.04. The summed E-state index contributed by atoms with van der Waals surface area (Å²) >= 11 is 0. The van der Waals surface area contributed by atoms with Gasteiger partial charge in [-0.3, -0.25) is 9.59 Å². The van der Waals surface area contributed by atoms with Crippen LogP contribution in [-0.2, 0) is 16.0 Å². The Bertz CT molecular complexity index is 827. The van der Waals surface area contributed by atoms with Gasteiger partial charge < -0.3 is 10.2 Å². The van der Waals surface area contributed by atoms with Gasteiger partial charge in [-0.15, -0.1) is 0 Å². The Balaban J connectivity index is 1.66. The minimum atomic E-state index is -0.326. The molecule has 28 heavy (non-hydrogen) atoms. The van der Waals surface area contributed by atoms with Crippen LogP contribution in [0.25, 0.3) is 0 Å². The molecule has 0 spiro atoms. The molecule has 0 bridgehead atoms. The second-order valence-corrected chi connectivity index (χ2v) is 7.91. The van der Waals surface area contributed by atoms with E-state index >= 15 is 0 Å². The van der Waals surface area contributed by atoms with Crippen LogP contribution < -0.4 is 10.2 Å². The van der Waals surface area contributed by atoms with Crippen molar-refractivity contribution in [1.82, 2.24) is 0 Å². The number of unbranched alkanes of at least 4 members (excludes halogenated alkanes) is 1. The van der Waals surface area contributed by atoms with Crippen molar-refractivity contribution < 1.29 is 9.59 Å². The quantitative estimate of drug-likeness (QED) is 0.725. The minimum absolute atomic E-state index is 0.0126. The number of aryl methyl sites for hydroxylation is 1. The Morgan fingerprint density at radius 2 is 1.86 bits per heavy atom. The fraction of sp³-hybridized carbons (Fsp3) is 0.417. The molecule has 0 saturated carbocycles. The molecular formula is C24H30N2O2. The smallest absolute Gasteiger partial charge is 0.229 e. The van der Waals surface area contributed by atoms with Crippen LogP contribution >= 0.6 is 0 Å². The van der Waals surface area contributed by atoms with E-state index in [4.69, 9.17) is 0 Å². The lowest BCUT2D eigenvalue weighted by atomic mass is 10.0. The second-order valence-electron chi connectivity index (χ2n) is 7.91. The molecule has 1 atom stereocenters. The number of amides is 2. The van der Waals surface area contributed by atoms with Crippen molar-refractivity contribution >= 4 is 23.2 Å². The Kier molecular flexibility index (Phi) is 6.50. The third-order valence-electron chi connectivity index (χ3n) is 5.40. The van der Waals surface area contributed by atoms with E-state index in [1.165, 1.54) is 18.4 Å². The highest BCUT2D eigenvalue weighted by Gasteiger charge is 2.35. The maximum Gasteiger partial charge on any atom is 0.229 e. The van der Waals surface area contributed by atoms with E-state index in [-0.39, 0.29) is 24.2 Å². The average molecular weight is 379 g/mol. The lowest BCUT2D eigenvalue weighted by Crippen LogP contribution is -2.28. The largest absolute Gasteiger partial charge is 0.326 e. The molecule has 1 saturated heterocycles. The van der Waals surface area contributed by atoms with Crippen LogP contribution in [0.1, 0.15) is 57.1 Å².